The first-order chi connectivity index (χ1) is 7.84. The standard InChI is InChI=1S/C12H14ClN3/c13-12-10(8-14-7-9-4-5-9)16-6-2-1-3-11(16)15-12/h1-3,6,9,14H,4-5,7-8H2. The van der Waals surface area contributed by atoms with Gasteiger partial charge in [0, 0.05) is 12.7 Å². The van der Waals surface area contributed by atoms with E-state index in [0.29, 0.717) is 5.15 Å². The average Bonchev–Trinajstić information content (AvgIpc) is 3.04. The number of hydrogen-bond acceptors (Lipinski definition) is 2. The molecule has 0 aromatic carbocycles. The number of pyridine rings is 1. The molecule has 16 heavy (non-hydrogen) atoms. The lowest BCUT2D eigenvalue weighted by atomic mass is 10.4. The molecule has 0 bridgehead atoms. The molecule has 1 aliphatic rings. The molecule has 1 saturated carbocycles. The molecule has 2 aromatic heterocycles. The third kappa shape index (κ3) is 1.93. The summed E-state index contributed by atoms with van der Waals surface area (Å²) in [5.41, 5.74) is 1.97. The molecule has 2 heterocycles. The van der Waals surface area contributed by atoms with Crippen LogP contribution < -0.4 is 5.32 Å². The molecule has 0 saturated heterocycles. The van der Waals surface area contributed by atoms with Gasteiger partial charge >= 0.3 is 0 Å². The summed E-state index contributed by atoms with van der Waals surface area (Å²) in [4.78, 5) is 4.31. The zero-order valence-electron chi connectivity index (χ0n) is 8.99. The van der Waals surface area contributed by atoms with Gasteiger partial charge in [-0.3, -0.25) is 0 Å². The first kappa shape index (κ1) is 10.1. The van der Waals surface area contributed by atoms with Crippen molar-refractivity contribution in [1.82, 2.24) is 14.7 Å². The number of nitrogens with one attached hydrogen (secondary N) is 1. The number of aromatic nitrogens is 2. The maximum Gasteiger partial charge on any atom is 0.152 e. The van der Waals surface area contributed by atoms with Crippen molar-refractivity contribution in [2.45, 2.75) is 19.4 Å². The molecule has 0 aliphatic heterocycles. The fourth-order valence-corrected chi connectivity index (χ4v) is 2.14. The molecule has 1 aliphatic carbocycles. The van der Waals surface area contributed by atoms with Gasteiger partial charge in [0.05, 0.1) is 5.69 Å². The zero-order valence-corrected chi connectivity index (χ0v) is 9.74. The number of halogens is 1. The second kappa shape index (κ2) is 4.07. The minimum Gasteiger partial charge on any atom is -0.311 e. The van der Waals surface area contributed by atoms with Crippen molar-refractivity contribution in [1.29, 1.82) is 0 Å². The molecule has 1 fully saturated rings. The van der Waals surface area contributed by atoms with Crippen LogP contribution in [-0.2, 0) is 6.54 Å². The van der Waals surface area contributed by atoms with E-state index in [0.717, 1.165) is 30.3 Å². The topological polar surface area (TPSA) is 29.3 Å². The largest absolute Gasteiger partial charge is 0.311 e. The third-order valence-electron chi connectivity index (χ3n) is 3.00. The van der Waals surface area contributed by atoms with Crippen molar-refractivity contribution >= 4 is 17.2 Å². The Balaban J connectivity index is 1.80. The minimum atomic E-state index is 0.606. The smallest absolute Gasteiger partial charge is 0.152 e. The highest BCUT2D eigenvalue weighted by atomic mass is 35.5. The molecule has 1 N–H and O–H groups in total. The molecule has 0 spiro atoms. The molecule has 0 amide bonds. The van der Waals surface area contributed by atoms with Gasteiger partial charge in [0.2, 0.25) is 0 Å². The minimum absolute atomic E-state index is 0.606. The molecule has 4 heteroatoms. The highest BCUT2D eigenvalue weighted by Crippen LogP contribution is 2.27. The molecule has 0 atom stereocenters. The van der Waals surface area contributed by atoms with Gasteiger partial charge in [-0.2, -0.15) is 0 Å². The maximum atomic E-state index is 6.13. The van der Waals surface area contributed by atoms with Crippen LogP contribution in [0.3, 0.4) is 0 Å². The first-order valence-corrected chi connectivity index (χ1v) is 6.04. The van der Waals surface area contributed by atoms with E-state index in [4.69, 9.17) is 11.6 Å². The third-order valence-corrected chi connectivity index (χ3v) is 3.31. The lowest BCUT2D eigenvalue weighted by molar-refractivity contribution is 0.628. The van der Waals surface area contributed by atoms with E-state index >= 15 is 0 Å². The zero-order chi connectivity index (χ0) is 11.0. The Morgan fingerprint density at radius 1 is 1.44 bits per heavy atom. The summed E-state index contributed by atoms with van der Waals surface area (Å²) in [7, 11) is 0. The molecule has 3 rings (SSSR count). The average molecular weight is 236 g/mol. The number of imidazole rings is 1. The first-order valence-electron chi connectivity index (χ1n) is 5.67. The van der Waals surface area contributed by atoms with Crippen molar-refractivity contribution < 1.29 is 0 Å². The van der Waals surface area contributed by atoms with Gasteiger partial charge < -0.3 is 9.72 Å². The van der Waals surface area contributed by atoms with Crippen LogP contribution in [0, 0.1) is 5.92 Å². The predicted molar refractivity (Wildman–Crippen MR) is 64.6 cm³/mol. The molecular formula is C12H14ClN3. The molecule has 2 aromatic rings. The highest BCUT2D eigenvalue weighted by molar-refractivity contribution is 6.30. The highest BCUT2D eigenvalue weighted by Gasteiger charge is 2.20. The Labute approximate surface area is 99.4 Å². The van der Waals surface area contributed by atoms with Crippen LogP contribution in [-0.4, -0.2) is 15.9 Å². The van der Waals surface area contributed by atoms with E-state index in [1.165, 1.54) is 12.8 Å². The van der Waals surface area contributed by atoms with Gasteiger partial charge in [0.15, 0.2) is 5.15 Å². The van der Waals surface area contributed by atoms with Crippen LogP contribution in [0.25, 0.3) is 5.65 Å². The second-order valence-corrected chi connectivity index (χ2v) is 4.71. The second-order valence-electron chi connectivity index (χ2n) is 4.35. The van der Waals surface area contributed by atoms with E-state index in [1.54, 1.807) is 0 Å². The summed E-state index contributed by atoms with van der Waals surface area (Å²) >= 11 is 6.13. The van der Waals surface area contributed by atoms with E-state index in [-0.39, 0.29) is 0 Å². The van der Waals surface area contributed by atoms with Crippen LogP contribution in [0.5, 0.6) is 0 Å². The SMILES string of the molecule is Clc1nc2ccccn2c1CNCC1CC1. The van der Waals surface area contributed by atoms with Crippen LogP contribution in [0.15, 0.2) is 24.4 Å². The summed E-state index contributed by atoms with van der Waals surface area (Å²) in [5.74, 6) is 0.887. The van der Waals surface area contributed by atoms with Gasteiger partial charge in [-0.1, -0.05) is 17.7 Å². The van der Waals surface area contributed by atoms with Crippen molar-refractivity contribution in [2.24, 2.45) is 5.92 Å². The molecule has 0 unspecified atom stereocenters. The molecule has 3 nitrogen and oxygen atoms in total. The van der Waals surface area contributed by atoms with Crippen LogP contribution in [0.4, 0.5) is 0 Å². The number of nitrogens with zero attached hydrogens (tertiary/aromatic N) is 2. The number of fused-ring (bicyclic) bond motifs is 1. The normalized spacial score (nSPS) is 15.8. The molecular weight excluding hydrogens is 222 g/mol. The Bertz CT molecular complexity index is 502. The van der Waals surface area contributed by atoms with Crippen LogP contribution in [0.2, 0.25) is 5.15 Å². The van der Waals surface area contributed by atoms with Gasteiger partial charge in [0.25, 0.3) is 0 Å². The fraction of sp³-hybridized carbons (Fsp3) is 0.417. The van der Waals surface area contributed by atoms with Gasteiger partial charge in [-0.25, -0.2) is 4.98 Å². The summed E-state index contributed by atoms with van der Waals surface area (Å²) in [6, 6.07) is 5.94. The summed E-state index contributed by atoms with van der Waals surface area (Å²) in [6.07, 6.45) is 4.74. The summed E-state index contributed by atoms with van der Waals surface area (Å²) in [6.45, 7) is 1.89. The van der Waals surface area contributed by atoms with Crippen molar-refractivity contribution in [3.8, 4) is 0 Å². The number of hydrogen-bond donors (Lipinski definition) is 1. The van der Waals surface area contributed by atoms with Crippen LogP contribution >= 0.6 is 11.6 Å². The number of rotatable bonds is 4. The van der Waals surface area contributed by atoms with Crippen molar-refractivity contribution in [2.75, 3.05) is 6.54 Å². The fourth-order valence-electron chi connectivity index (χ4n) is 1.89. The van der Waals surface area contributed by atoms with E-state index in [9.17, 15) is 0 Å². The molecule has 0 radical (unpaired) electrons. The summed E-state index contributed by atoms with van der Waals surface area (Å²) in [5, 5.41) is 4.04. The van der Waals surface area contributed by atoms with E-state index in [1.807, 2.05) is 28.8 Å². The Hall–Kier alpha value is -1.06. The lowest BCUT2D eigenvalue weighted by Gasteiger charge is -2.04. The van der Waals surface area contributed by atoms with Crippen molar-refractivity contribution in [3.05, 3.63) is 35.2 Å². The molecule has 84 valence electrons. The monoisotopic (exact) mass is 235 g/mol. The van der Waals surface area contributed by atoms with Crippen molar-refractivity contribution in [3.63, 3.8) is 0 Å². The Kier molecular flexibility index (Phi) is 2.58. The Morgan fingerprint density at radius 2 is 2.31 bits per heavy atom. The van der Waals surface area contributed by atoms with Crippen LogP contribution in [0.1, 0.15) is 18.5 Å². The summed E-state index contributed by atoms with van der Waals surface area (Å²) < 4.78 is 2.04. The van der Waals surface area contributed by atoms with Gasteiger partial charge in [-0.05, 0) is 37.4 Å². The predicted octanol–water partition coefficient (Wildman–Crippen LogP) is 2.49. The lowest BCUT2D eigenvalue weighted by Crippen LogP contribution is -2.17. The van der Waals surface area contributed by atoms with E-state index < -0.39 is 0 Å². The van der Waals surface area contributed by atoms with E-state index in [2.05, 4.69) is 10.3 Å². The van der Waals surface area contributed by atoms with Gasteiger partial charge in [0.1, 0.15) is 5.65 Å². The Morgan fingerprint density at radius 3 is 3.12 bits per heavy atom. The van der Waals surface area contributed by atoms with Gasteiger partial charge in [-0.15, -0.1) is 0 Å². The maximum absolute atomic E-state index is 6.13. The quantitative estimate of drug-likeness (QED) is 0.882.